The van der Waals surface area contributed by atoms with Crippen LogP contribution in [0.5, 0.6) is 0 Å². The third kappa shape index (κ3) is 23.4. The summed E-state index contributed by atoms with van der Waals surface area (Å²) in [5, 5.41) is 12.1. The lowest BCUT2D eigenvalue weighted by Crippen LogP contribution is -2.22. The van der Waals surface area contributed by atoms with Gasteiger partial charge in [0.15, 0.2) is 0 Å². The fraction of sp³-hybridized carbons (Fsp3) is 0.857. The number of rotatable bonds is 25. The standard InChI is InChI=1S/C28H51NO5/c1-24(30)19-15-13-11-9-7-5-3-4-6-8-10-12-14-16-21-27(32)23-26(28(33)34)20-17-18-22-29-25(2)31/h26H,3-23H2,1-2H3,(H,29,31)(H,33,34). The van der Waals surface area contributed by atoms with Crippen LogP contribution in [0.15, 0.2) is 0 Å². The van der Waals surface area contributed by atoms with E-state index in [1.807, 2.05) is 0 Å². The molecular formula is C28H51NO5. The second-order valence-corrected chi connectivity index (χ2v) is 9.91. The summed E-state index contributed by atoms with van der Waals surface area (Å²) >= 11 is 0. The quantitative estimate of drug-likeness (QED) is 0.140. The minimum atomic E-state index is -0.891. The molecule has 0 heterocycles. The number of carboxylic acid groups (broad SMARTS) is 1. The van der Waals surface area contributed by atoms with Crippen molar-refractivity contribution >= 4 is 23.4 Å². The molecule has 0 saturated carbocycles. The number of unbranched alkanes of at least 4 members (excludes halogenated alkanes) is 14. The van der Waals surface area contributed by atoms with E-state index in [9.17, 15) is 24.3 Å². The number of hydrogen-bond donors (Lipinski definition) is 2. The lowest BCUT2D eigenvalue weighted by Gasteiger charge is -2.11. The fourth-order valence-electron chi connectivity index (χ4n) is 4.29. The van der Waals surface area contributed by atoms with Crippen molar-refractivity contribution in [3.05, 3.63) is 0 Å². The zero-order valence-corrected chi connectivity index (χ0v) is 22.0. The maximum absolute atomic E-state index is 12.2. The highest BCUT2D eigenvalue weighted by Crippen LogP contribution is 2.17. The molecule has 6 heteroatoms. The molecule has 2 N–H and O–H groups in total. The molecule has 0 fully saturated rings. The summed E-state index contributed by atoms with van der Waals surface area (Å²) in [5.74, 6) is -1.20. The van der Waals surface area contributed by atoms with Crippen molar-refractivity contribution in [3.63, 3.8) is 0 Å². The third-order valence-corrected chi connectivity index (χ3v) is 6.41. The molecule has 0 saturated heterocycles. The molecule has 0 aromatic rings. The average molecular weight is 482 g/mol. The number of amides is 1. The van der Waals surface area contributed by atoms with Gasteiger partial charge >= 0.3 is 5.97 Å². The molecule has 0 aliphatic heterocycles. The number of Topliss-reactive ketones (excluding diaryl/α,β-unsaturated/α-hetero) is 2. The predicted molar refractivity (Wildman–Crippen MR) is 138 cm³/mol. The molecule has 0 spiro atoms. The van der Waals surface area contributed by atoms with Gasteiger partial charge in [-0.2, -0.15) is 0 Å². The summed E-state index contributed by atoms with van der Waals surface area (Å²) in [4.78, 5) is 45.3. The zero-order valence-electron chi connectivity index (χ0n) is 22.0. The van der Waals surface area contributed by atoms with Gasteiger partial charge < -0.3 is 15.2 Å². The molecule has 198 valence electrons. The Balaban J connectivity index is 3.50. The second-order valence-electron chi connectivity index (χ2n) is 9.91. The van der Waals surface area contributed by atoms with Crippen LogP contribution < -0.4 is 5.32 Å². The Kier molecular flexibility index (Phi) is 21.9. The molecule has 6 nitrogen and oxygen atoms in total. The van der Waals surface area contributed by atoms with Gasteiger partial charge in [0.2, 0.25) is 5.91 Å². The topological polar surface area (TPSA) is 101 Å². The van der Waals surface area contributed by atoms with Crippen LogP contribution in [0.2, 0.25) is 0 Å². The van der Waals surface area contributed by atoms with Crippen LogP contribution in [0.3, 0.4) is 0 Å². The van der Waals surface area contributed by atoms with Gasteiger partial charge in [0, 0.05) is 32.7 Å². The Hall–Kier alpha value is -1.72. The highest BCUT2D eigenvalue weighted by Gasteiger charge is 2.20. The summed E-state index contributed by atoms with van der Waals surface area (Å²) in [6.45, 7) is 3.69. The van der Waals surface area contributed by atoms with Crippen molar-refractivity contribution in [1.29, 1.82) is 0 Å². The third-order valence-electron chi connectivity index (χ3n) is 6.41. The molecule has 0 aromatic carbocycles. The Morgan fingerprint density at radius 3 is 1.47 bits per heavy atom. The van der Waals surface area contributed by atoms with Gasteiger partial charge in [0.25, 0.3) is 0 Å². The first-order valence-corrected chi connectivity index (χ1v) is 13.8. The maximum atomic E-state index is 12.2. The molecule has 0 radical (unpaired) electrons. The van der Waals surface area contributed by atoms with Crippen molar-refractivity contribution in [2.75, 3.05) is 6.54 Å². The van der Waals surface area contributed by atoms with Gasteiger partial charge in [-0.05, 0) is 32.6 Å². The molecule has 0 bridgehead atoms. The number of carbonyl (C=O) groups excluding carboxylic acids is 3. The number of nitrogens with one attached hydrogen (secondary N) is 1. The van der Waals surface area contributed by atoms with Crippen molar-refractivity contribution in [3.8, 4) is 0 Å². The monoisotopic (exact) mass is 481 g/mol. The molecule has 1 unspecified atom stereocenters. The van der Waals surface area contributed by atoms with Crippen molar-refractivity contribution < 1.29 is 24.3 Å². The minimum absolute atomic E-state index is 0.0631. The van der Waals surface area contributed by atoms with E-state index in [1.165, 1.54) is 71.1 Å². The fourth-order valence-corrected chi connectivity index (χ4v) is 4.29. The van der Waals surface area contributed by atoms with E-state index in [-0.39, 0.29) is 18.1 Å². The molecule has 0 rings (SSSR count). The largest absolute Gasteiger partial charge is 0.481 e. The Morgan fingerprint density at radius 1 is 0.618 bits per heavy atom. The Morgan fingerprint density at radius 2 is 1.06 bits per heavy atom. The van der Waals surface area contributed by atoms with Crippen molar-refractivity contribution in [1.82, 2.24) is 5.32 Å². The summed E-state index contributed by atoms with van der Waals surface area (Å²) in [7, 11) is 0. The Bertz CT molecular complexity index is 561. The smallest absolute Gasteiger partial charge is 0.306 e. The van der Waals surface area contributed by atoms with Crippen molar-refractivity contribution in [2.24, 2.45) is 5.92 Å². The lowest BCUT2D eigenvalue weighted by molar-refractivity contribution is -0.144. The van der Waals surface area contributed by atoms with E-state index in [0.717, 1.165) is 38.5 Å². The Labute approximate surface area is 208 Å². The predicted octanol–water partition coefficient (Wildman–Crippen LogP) is 6.78. The molecular weight excluding hydrogens is 430 g/mol. The number of hydrogen-bond acceptors (Lipinski definition) is 4. The first kappa shape index (κ1) is 32.3. The van der Waals surface area contributed by atoms with Crippen LogP contribution in [0.1, 0.15) is 142 Å². The molecule has 0 aliphatic rings. The minimum Gasteiger partial charge on any atom is -0.481 e. The normalized spacial score (nSPS) is 11.8. The van der Waals surface area contributed by atoms with Crippen LogP contribution in [0, 0.1) is 5.92 Å². The van der Waals surface area contributed by atoms with E-state index < -0.39 is 11.9 Å². The first-order chi connectivity index (χ1) is 16.3. The van der Waals surface area contributed by atoms with E-state index in [2.05, 4.69) is 5.32 Å². The van der Waals surface area contributed by atoms with Crippen LogP contribution in [0.4, 0.5) is 0 Å². The molecule has 0 aliphatic carbocycles. The van der Waals surface area contributed by atoms with Crippen LogP contribution in [-0.4, -0.2) is 35.1 Å². The average Bonchev–Trinajstić information content (AvgIpc) is 2.77. The number of carbonyl (C=O) groups is 4. The summed E-state index contributed by atoms with van der Waals surface area (Å²) < 4.78 is 0. The van der Waals surface area contributed by atoms with Gasteiger partial charge in [-0.15, -0.1) is 0 Å². The van der Waals surface area contributed by atoms with Crippen LogP contribution in [-0.2, 0) is 19.2 Å². The zero-order chi connectivity index (χ0) is 25.4. The van der Waals surface area contributed by atoms with Gasteiger partial charge in [-0.3, -0.25) is 14.4 Å². The number of carboxylic acids is 1. The van der Waals surface area contributed by atoms with E-state index in [1.54, 1.807) is 6.92 Å². The van der Waals surface area contributed by atoms with Gasteiger partial charge in [0.05, 0.1) is 5.92 Å². The van der Waals surface area contributed by atoms with Crippen molar-refractivity contribution in [2.45, 2.75) is 142 Å². The number of ketones is 2. The van der Waals surface area contributed by atoms with E-state index in [0.29, 0.717) is 31.6 Å². The highest BCUT2D eigenvalue weighted by molar-refractivity contribution is 5.83. The summed E-state index contributed by atoms with van der Waals surface area (Å²) in [5.41, 5.74) is 0. The van der Waals surface area contributed by atoms with Gasteiger partial charge in [-0.1, -0.05) is 83.5 Å². The SMILES string of the molecule is CC(=O)CCCCCCCCCCCCCCCCC(=O)CC(CCCCNC(C)=O)C(=O)O. The summed E-state index contributed by atoms with van der Waals surface area (Å²) in [6, 6.07) is 0. The van der Waals surface area contributed by atoms with Crippen LogP contribution in [0.25, 0.3) is 0 Å². The molecule has 1 atom stereocenters. The van der Waals surface area contributed by atoms with Gasteiger partial charge in [0.1, 0.15) is 11.6 Å². The summed E-state index contributed by atoms with van der Waals surface area (Å²) in [6.07, 6.45) is 20.2. The molecule has 34 heavy (non-hydrogen) atoms. The van der Waals surface area contributed by atoms with Crippen LogP contribution >= 0.6 is 0 Å². The van der Waals surface area contributed by atoms with E-state index in [4.69, 9.17) is 0 Å². The maximum Gasteiger partial charge on any atom is 0.306 e. The second kappa shape index (κ2) is 23.0. The molecule has 0 aromatic heterocycles. The highest BCUT2D eigenvalue weighted by atomic mass is 16.4. The first-order valence-electron chi connectivity index (χ1n) is 13.8. The molecule has 1 amide bonds. The van der Waals surface area contributed by atoms with E-state index >= 15 is 0 Å². The van der Waals surface area contributed by atoms with Gasteiger partial charge in [-0.25, -0.2) is 0 Å². The lowest BCUT2D eigenvalue weighted by atomic mass is 9.94. The number of aliphatic carboxylic acids is 1.